The molecule has 156 valence electrons. The van der Waals surface area contributed by atoms with E-state index in [4.69, 9.17) is 4.74 Å². The predicted octanol–water partition coefficient (Wildman–Crippen LogP) is 5.20. The van der Waals surface area contributed by atoms with Gasteiger partial charge in [0, 0.05) is 12.6 Å². The maximum atomic E-state index is 11.2. The van der Waals surface area contributed by atoms with E-state index in [0.29, 0.717) is 18.6 Å². The zero-order valence-corrected chi connectivity index (χ0v) is 17.6. The standard InChI is InChI=1S/C25H33NO3/c1-18(2)14-19-6-8-21(9-7-19)17-29-24-12-10-20(11-13-24)16-26-23-5-3-4-22(15-23)25(27)28/h6-13,18,22-23,26H,3-5,14-17H2,1-2H3,(H,27,28). The lowest BCUT2D eigenvalue weighted by molar-refractivity contribution is -0.143. The fourth-order valence-corrected chi connectivity index (χ4v) is 3.97. The Labute approximate surface area is 174 Å². The van der Waals surface area contributed by atoms with Crippen LogP contribution in [0.15, 0.2) is 48.5 Å². The van der Waals surface area contributed by atoms with Gasteiger partial charge in [0.15, 0.2) is 0 Å². The highest BCUT2D eigenvalue weighted by Crippen LogP contribution is 2.25. The molecule has 0 amide bonds. The Morgan fingerprint density at radius 3 is 2.34 bits per heavy atom. The van der Waals surface area contributed by atoms with Crippen molar-refractivity contribution in [2.24, 2.45) is 11.8 Å². The van der Waals surface area contributed by atoms with Gasteiger partial charge in [-0.2, -0.15) is 0 Å². The molecule has 1 saturated carbocycles. The van der Waals surface area contributed by atoms with Gasteiger partial charge in [0.05, 0.1) is 5.92 Å². The van der Waals surface area contributed by atoms with Crippen molar-refractivity contribution in [3.05, 3.63) is 65.2 Å². The highest BCUT2D eigenvalue weighted by Gasteiger charge is 2.26. The molecular weight excluding hydrogens is 362 g/mol. The summed E-state index contributed by atoms with van der Waals surface area (Å²) in [5, 5.41) is 12.7. The van der Waals surface area contributed by atoms with Crippen molar-refractivity contribution in [3.63, 3.8) is 0 Å². The normalized spacial score (nSPS) is 19.3. The maximum Gasteiger partial charge on any atom is 0.306 e. The molecule has 29 heavy (non-hydrogen) atoms. The minimum absolute atomic E-state index is 0.198. The Morgan fingerprint density at radius 2 is 1.69 bits per heavy atom. The van der Waals surface area contributed by atoms with E-state index in [9.17, 15) is 9.90 Å². The van der Waals surface area contributed by atoms with Gasteiger partial charge in [0.25, 0.3) is 0 Å². The van der Waals surface area contributed by atoms with E-state index in [1.54, 1.807) is 0 Å². The van der Waals surface area contributed by atoms with E-state index >= 15 is 0 Å². The summed E-state index contributed by atoms with van der Waals surface area (Å²) in [6.07, 6.45) is 4.68. The van der Waals surface area contributed by atoms with Crippen LogP contribution in [0.4, 0.5) is 0 Å². The van der Waals surface area contributed by atoms with Gasteiger partial charge in [-0.3, -0.25) is 4.79 Å². The number of hydrogen-bond acceptors (Lipinski definition) is 3. The first-order valence-corrected chi connectivity index (χ1v) is 10.8. The molecule has 2 atom stereocenters. The minimum Gasteiger partial charge on any atom is -0.489 e. The van der Waals surface area contributed by atoms with Crippen LogP contribution in [0.3, 0.4) is 0 Å². The first kappa shape index (κ1) is 21.4. The van der Waals surface area contributed by atoms with Crippen molar-refractivity contribution < 1.29 is 14.6 Å². The number of carboxylic acid groups (broad SMARTS) is 1. The largest absolute Gasteiger partial charge is 0.489 e. The molecule has 0 heterocycles. The first-order valence-electron chi connectivity index (χ1n) is 10.8. The van der Waals surface area contributed by atoms with Crippen molar-refractivity contribution in [1.29, 1.82) is 0 Å². The molecule has 1 aliphatic rings. The van der Waals surface area contributed by atoms with Crippen LogP contribution in [0, 0.1) is 11.8 Å². The number of nitrogens with one attached hydrogen (secondary N) is 1. The minimum atomic E-state index is -0.660. The van der Waals surface area contributed by atoms with Crippen molar-refractivity contribution in [1.82, 2.24) is 5.32 Å². The van der Waals surface area contributed by atoms with Crippen LogP contribution in [0.2, 0.25) is 0 Å². The van der Waals surface area contributed by atoms with Crippen molar-refractivity contribution in [2.75, 3.05) is 0 Å². The quantitative estimate of drug-likeness (QED) is 0.613. The Balaban J connectivity index is 1.43. The average Bonchev–Trinajstić information content (AvgIpc) is 2.72. The maximum absolute atomic E-state index is 11.2. The molecule has 1 aliphatic carbocycles. The number of aliphatic carboxylic acids is 1. The van der Waals surface area contributed by atoms with Gasteiger partial charge in [-0.05, 0) is 60.4 Å². The molecule has 2 aromatic carbocycles. The number of hydrogen-bond donors (Lipinski definition) is 2. The summed E-state index contributed by atoms with van der Waals surface area (Å²) in [6.45, 7) is 5.79. The number of rotatable bonds is 9. The molecule has 2 N–H and O–H groups in total. The summed E-state index contributed by atoms with van der Waals surface area (Å²) < 4.78 is 5.92. The van der Waals surface area contributed by atoms with Crippen LogP contribution in [0.1, 0.15) is 56.2 Å². The van der Waals surface area contributed by atoms with Crippen LogP contribution in [0.5, 0.6) is 5.75 Å². The zero-order valence-electron chi connectivity index (χ0n) is 17.6. The zero-order chi connectivity index (χ0) is 20.6. The van der Waals surface area contributed by atoms with Gasteiger partial charge in [-0.25, -0.2) is 0 Å². The molecule has 2 unspecified atom stereocenters. The first-order chi connectivity index (χ1) is 14.0. The Morgan fingerprint density at radius 1 is 1.03 bits per heavy atom. The lowest BCUT2D eigenvalue weighted by Crippen LogP contribution is -2.36. The fourth-order valence-electron chi connectivity index (χ4n) is 3.97. The molecule has 2 aromatic rings. The second-order valence-electron chi connectivity index (χ2n) is 8.63. The third-order valence-corrected chi connectivity index (χ3v) is 5.61. The van der Waals surface area contributed by atoms with Crippen LogP contribution >= 0.6 is 0 Å². The van der Waals surface area contributed by atoms with Gasteiger partial charge >= 0.3 is 5.97 Å². The topological polar surface area (TPSA) is 58.6 Å². The average molecular weight is 396 g/mol. The Kier molecular flexibility index (Phi) is 7.70. The molecule has 3 rings (SSSR count). The second kappa shape index (κ2) is 10.4. The lowest BCUT2D eigenvalue weighted by Gasteiger charge is -2.27. The second-order valence-corrected chi connectivity index (χ2v) is 8.63. The SMILES string of the molecule is CC(C)Cc1ccc(COc2ccc(CNC3CCCC(C(=O)O)C3)cc2)cc1. The summed E-state index contributed by atoms with van der Waals surface area (Å²) in [4.78, 5) is 11.2. The van der Waals surface area contributed by atoms with Gasteiger partial charge in [0.1, 0.15) is 12.4 Å². The molecule has 0 saturated heterocycles. The summed E-state index contributed by atoms with van der Waals surface area (Å²) in [6, 6.07) is 17.1. The van der Waals surface area contributed by atoms with Gasteiger partial charge in [0.2, 0.25) is 0 Å². The Hall–Kier alpha value is -2.33. The van der Waals surface area contributed by atoms with Gasteiger partial charge in [-0.15, -0.1) is 0 Å². The monoisotopic (exact) mass is 395 g/mol. The number of carbonyl (C=O) groups is 1. The van der Waals surface area contributed by atoms with E-state index < -0.39 is 5.97 Å². The third kappa shape index (κ3) is 6.90. The predicted molar refractivity (Wildman–Crippen MR) is 116 cm³/mol. The van der Waals surface area contributed by atoms with Crippen LogP contribution in [-0.4, -0.2) is 17.1 Å². The molecule has 0 bridgehead atoms. The molecule has 0 spiro atoms. The highest BCUT2D eigenvalue weighted by molar-refractivity contribution is 5.70. The van der Waals surface area contributed by atoms with Crippen LogP contribution < -0.4 is 10.1 Å². The van der Waals surface area contributed by atoms with E-state index in [1.165, 1.54) is 16.7 Å². The number of benzene rings is 2. The van der Waals surface area contributed by atoms with E-state index in [2.05, 4.69) is 55.6 Å². The molecule has 1 fully saturated rings. The summed E-state index contributed by atoms with van der Waals surface area (Å²) in [5.41, 5.74) is 3.73. The lowest BCUT2D eigenvalue weighted by atomic mass is 9.86. The molecule has 0 aromatic heterocycles. The number of ether oxygens (including phenoxy) is 1. The van der Waals surface area contributed by atoms with Crippen molar-refractivity contribution in [2.45, 2.75) is 65.1 Å². The van der Waals surface area contributed by atoms with E-state index in [1.807, 2.05) is 12.1 Å². The van der Waals surface area contributed by atoms with E-state index in [0.717, 1.165) is 44.4 Å². The molecule has 4 heteroatoms. The molecule has 0 aliphatic heterocycles. The Bertz CT molecular complexity index is 768. The number of carboxylic acids is 1. The molecule has 4 nitrogen and oxygen atoms in total. The van der Waals surface area contributed by atoms with Crippen LogP contribution in [-0.2, 0) is 24.4 Å². The van der Waals surface area contributed by atoms with Gasteiger partial charge < -0.3 is 15.2 Å². The van der Waals surface area contributed by atoms with Crippen LogP contribution in [0.25, 0.3) is 0 Å². The summed E-state index contributed by atoms with van der Waals surface area (Å²) in [5.74, 6) is 0.675. The fraction of sp³-hybridized carbons (Fsp3) is 0.480. The van der Waals surface area contributed by atoms with Crippen molar-refractivity contribution >= 4 is 5.97 Å². The summed E-state index contributed by atoms with van der Waals surface area (Å²) in [7, 11) is 0. The smallest absolute Gasteiger partial charge is 0.306 e. The van der Waals surface area contributed by atoms with E-state index in [-0.39, 0.29) is 5.92 Å². The van der Waals surface area contributed by atoms with Crippen molar-refractivity contribution in [3.8, 4) is 5.75 Å². The van der Waals surface area contributed by atoms with Gasteiger partial charge in [-0.1, -0.05) is 56.7 Å². The molecular formula is C25H33NO3. The third-order valence-electron chi connectivity index (χ3n) is 5.61. The highest BCUT2D eigenvalue weighted by atomic mass is 16.5. The molecule has 0 radical (unpaired) electrons. The summed E-state index contributed by atoms with van der Waals surface area (Å²) >= 11 is 0.